The van der Waals surface area contributed by atoms with Crippen molar-refractivity contribution in [1.82, 2.24) is 5.32 Å². The molecular formula is C15H21NO3. The molecule has 0 aromatic carbocycles. The molecular weight excluding hydrogens is 242 g/mol. The third-order valence-electron chi connectivity index (χ3n) is 5.15. The minimum Gasteiger partial charge on any atom is -0.481 e. The van der Waals surface area contributed by atoms with E-state index >= 15 is 0 Å². The third-order valence-corrected chi connectivity index (χ3v) is 5.15. The van der Waals surface area contributed by atoms with E-state index in [0.717, 1.165) is 12.3 Å². The van der Waals surface area contributed by atoms with Gasteiger partial charge in [0.25, 0.3) is 0 Å². The average molecular weight is 263 g/mol. The molecule has 0 saturated heterocycles. The Balaban J connectivity index is 1.63. The van der Waals surface area contributed by atoms with Crippen LogP contribution in [0.15, 0.2) is 12.2 Å². The summed E-state index contributed by atoms with van der Waals surface area (Å²) in [5.74, 6) is -0.412. The molecule has 3 aliphatic carbocycles. The largest absolute Gasteiger partial charge is 0.481 e. The molecule has 2 bridgehead atoms. The Labute approximate surface area is 113 Å². The standard InChI is InChI=1S/C15H21NO3/c17-14(11-3-1-2-4-12(11)15(18)19)16-13-8-9-5-6-10(13)7-9/h1-2,9-13H,3-8H2,(H,16,17)(H,18,19)/t9?,10?,11-,12+,13?/m1/s1. The predicted octanol–water partition coefficient (Wildman–Crippen LogP) is 1.96. The van der Waals surface area contributed by atoms with Gasteiger partial charge in [0.05, 0.1) is 11.8 Å². The van der Waals surface area contributed by atoms with Gasteiger partial charge in [-0.3, -0.25) is 9.59 Å². The Morgan fingerprint density at radius 3 is 2.37 bits per heavy atom. The molecule has 2 fully saturated rings. The van der Waals surface area contributed by atoms with Gasteiger partial charge < -0.3 is 10.4 Å². The molecule has 3 unspecified atom stereocenters. The van der Waals surface area contributed by atoms with Crippen molar-refractivity contribution in [3.8, 4) is 0 Å². The number of hydrogen-bond donors (Lipinski definition) is 2. The first-order chi connectivity index (χ1) is 9.15. The zero-order valence-electron chi connectivity index (χ0n) is 11.0. The Kier molecular flexibility index (Phi) is 3.33. The lowest BCUT2D eigenvalue weighted by Gasteiger charge is -2.28. The van der Waals surface area contributed by atoms with Gasteiger partial charge in [-0.05, 0) is 43.9 Å². The number of carboxylic acid groups (broad SMARTS) is 1. The molecule has 19 heavy (non-hydrogen) atoms. The average Bonchev–Trinajstić information content (AvgIpc) is 3.01. The highest BCUT2D eigenvalue weighted by Gasteiger charge is 2.42. The number of hydrogen-bond acceptors (Lipinski definition) is 2. The molecule has 0 aromatic heterocycles. The van der Waals surface area contributed by atoms with E-state index in [-0.39, 0.29) is 11.8 Å². The highest BCUT2D eigenvalue weighted by molar-refractivity contribution is 5.85. The van der Waals surface area contributed by atoms with Crippen LogP contribution < -0.4 is 5.32 Å². The maximum Gasteiger partial charge on any atom is 0.307 e. The van der Waals surface area contributed by atoms with E-state index < -0.39 is 11.9 Å². The lowest BCUT2D eigenvalue weighted by Crippen LogP contribution is -2.45. The fourth-order valence-electron chi connectivity index (χ4n) is 4.09. The van der Waals surface area contributed by atoms with E-state index in [1.165, 1.54) is 19.3 Å². The SMILES string of the molecule is O=C(O)[C@H]1CC=CC[C@H]1C(=O)NC1CC2CCC1C2. The number of carbonyl (C=O) groups is 2. The van der Waals surface area contributed by atoms with Gasteiger partial charge in [-0.25, -0.2) is 0 Å². The molecule has 104 valence electrons. The van der Waals surface area contributed by atoms with E-state index in [0.29, 0.717) is 24.8 Å². The van der Waals surface area contributed by atoms with Crippen LogP contribution in [0.4, 0.5) is 0 Å². The molecule has 4 heteroatoms. The van der Waals surface area contributed by atoms with Gasteiger partial charge in [-0.1, -0.05) is 18.6 Å². The first-order valence-electron chi connectivity index (χ1n) is 7.33. The summed E-state index contributed by atoms with van der Waals surface area (Å²) in [6, 6.07) is 0.298. The molecule has 0 radical (unpaired) electrons. The summed E-state index contributed by atoms with van der Waals surface area (Å²) in [5, 5.41) is 12.3. The van der Waals surface area contributed by atoms with E-state index in [4.69, 9.17) is 0 Å². The Morgan fingerprint density at radius 2 is 1.79 bits per heavy atom. The number of allylic oxidation sites excluding steroid dienone is 2. The maximum atomic E-state index is 12.3. The fraction of sp³-hybridized carbons (Fsp3) is 0.733. The van der Waals surface area contributed by atoms with E-state index in [1.807, 2.05) is 12.2 Å². The van der Waals surface area contributed by atoms with Crippen molar-refractivity contribution in [2.75, 3.05) is 0 Å². The number of amides is 1. The van der Waals surface area contributed by atoms with E-state index in [9.17, 15) is 14.7 Å². The first-order valence-corrected chi connectivity index (χ1v) is 7.33. The zero-order chi connectivity index (χ0) is 13.4. The van der Waals surface area contributed by atoms with Crippen molar-refractivity contribution in [3.05, 3.63) is 12.2 Å². The van der Waals surface area contributed by atoms with Crippen molar-refractivity contribution < 1.29 is 14.7 Å². The summed E-state index contributed by atoms with van der Waals surface area (Å²) in [6.45, 7) is 0. The van der Waals surface area contributed by atoms with Crippen LogP contribution in [0, 0.1) is 23.7 Å². The summed E-state index contributed by atoms with van der Waals surface area (Å²) in [6.07, 6.45) is 9.72. The highest BCUT2D eigenvalue weighted by Crippen LogP contribution is 2.44. The van der Waals surface area contributed by atoms with Crippen LogP contribution in [0.25, 0.3) is 0 Å². The second kappa shape index (κ2) is 4.99. The minimum absolute atomic E-state index is 0.0469. The summed E-state index contributed by atoms with van der Waals surface area (Å²) >= 11 is 0. The van der Waals surface area contributed by atoms with E-state index in [1.54, 1.807) is 0 Å². The molecule has 0 heterocycles. The number of carbonyl (C=O) groups excluding carboxylic acids is 1. The smallest absolute Gasteiger partial charge is 0.307 e. The van der Waals surface area contributed by atoms with Gasteiger partial charge in [0.2, 0.25) is 5.91 Å². The van der Waals surface area contributed by atoms with Crippen molar-refractivity contribution >= 4 is 11.9 Å². The Hall–Kier alpha value is -1.32. The number of fused-ring (bicyclic) bond motifs is 2. The van der Waals surface area contributed by atoms with Gasteiger partial charge >= 0.3 is 5.97 Å². The first kappa shape index (κ1) is 12.7. The van der Waals surface area contributed by atoms with Crippen LogP contribution in [-0.2, 0) is 9.59 Å². The van der Waals surface area contributed by atoms with Crippen molar-refractivity contribution in [1.29, 1.82) is 0 Å². The normalized spacial score (nSPS) is 40.3. The zero-order valence-corrected chi connectivity index (χ0v) is 11.0. The van der Waals surface area contributed by atoms with Gasteiger partial charge in [0.1, 0.15) is 0 Å². The van der Waals surface area contributed by atoms with Gasteiger partial charge in [0, 0.05) is 6.04 Å². The van der Waals surface area contributed by atoms with E-state index in [2.05, 4.69) is 5.32 Å². The van der Waals surface area contributed by atoms with Gasteiger partial charge in [-0.15, -0.1) is 0 Å². The van der Waals surface area contributed by atoms with Gasteiger partial charge in [-0.2, -0.15) is 0 Å². The molecule has 3 rings (SSSR count). The third kappa shape index (κ3) is 2.40. The van der Waals surface area contributed by atoms with Crippen LogP contribution in [0.5, 0.6) is 0 Å². The van der Waals surface area contributed by atoms with Crippen LogP contribution in [0.3, 0.4) is 0 Å². The molecule has 4 nitrogen and oxygen atoms in total. The maximum absolute atomic E-state index is 12.3. The molecule has 0 spiro atoms. The lowest BCUT2D eigenvalue weighted by molar-refractivity contribution is -0.147. The summed E-state index contributed by atoms with van der Waals surface area (Å²) in [4.78, 5) is 23.6. The quantitative estimate of drug-likeness (QED) is 0.765. The number of aliphatic carboxylic acids is 1. The van der Waals surface area contributed by atoms with Crippen molar-refractivity contribution in [3.63, 3.8) is 0 Å². The molecule has 5 atom stereocenters. The molecule has 0 aliphatic heterocycles. The van der Waals surface area contributed by atoms with Crippen LogP contribution in [0.1, 0.15) is 38.5 Å². The number of rotatable bonds is 3. The van der Waals surface area contributed by atoms with Crippen molar-refractivity contribution in [2.24, 2.45) is 23.7 Å². The van der Waals surface area contributed by atoms with Gasteiger partial charge in [0.15, 0.2) is 0 Å². The topological polar surface area (TPSA) is 66.4 Å². The number of carboxylic acids is 1. The summed E-state index contributed by atoms with van der Waals surface area (Å²) < 4.78 is 0. The second-order valence-corrected chi connectivity index (χ2v) is 6.28. The van der Waals surface area contributed by atoms with Crippen LogP contribution in [-0.4, -0.2) is 23.0 Å². The molecule has 3 aliphatic rings. The molecule has 1 amide bonds. The monoisotopic (exact) mass is 263 g/mol. The predicted molar refractivity (Wildman–Crippen MR) is 70.4 cm³/mol. The minimum atomic E-state index is -0.850. The van der Waals surface area contributed by atoms with Crippen LogP contribution >= 0.6 is 0 Å². The Morgan fingerprint density at radius 1 is 1.05 bits per heavy atom. The molecule has 2 saturated carbocycles. The fourth-order valence-corrected chi connectivity index (χ4v) is 4.09. The summed E-state index contributed by atoms with van der Waals surface area (Å²) in [7, 11) is 0. The number of nitrogens with one attached hydrogen (secondary N) is 1. The van der Waals surface area contributed by atoms with Crippen LogP contribution in [0.2, 0.25) is 0 Å². The van der Waals surface area contributed by atoms with Crippen molar-refractivity contribution in [2.45, 2.75) is 44.6 Å². The summed E-state index contributed by atoms with van der Waals surface area (Å²) in [5.41, 5.74) is 0. The molecule has 0 aromatic rings. The second-order valence-electron chi connectivity index (χ2n) is 6.28. The Bertz CT molecular complexity index is 418. The lowest BCUT2D eigenvalue weighted by atomic mass is 9.82. The molecule has 2 N–H and O–H groups in total. The highest BCUT2D eigenvalue weighted by atomic mass is 16.4.